The molecule has 4 heteroatoms. The van der Waals surface area contributed by atoms with Gasteiger partial charge in [-0.1, -0.05) is 13.3 Å². The first-order valence-corrected chi connectivity index (χ1v) is 6.05. The number of unbranched alkanes of at least 4 members (excludes halogenated alkanes) is 2. The Hall–Kier alpha value is -0.900. The largest absolute Gasteiger partial charge is 0.464 e. The van der Waals surface area contributed by atoms with E-state index < -0.39 is 0 Å². The van der Waals surface area contributed by atoms with E-state index in [1.807, 2.05) is 6.92 Å². The second kappa shape index (κ2) is 10.6. The third-order valence-corrected chi connectivity index (χ3v) is 2.49. The summed E-state index contributed by atoms with van der Waals surface area (Å²) < 4.78 is 4.90. The maximum Gasteiger partial charge on any atom is 0.293 e. The fourth-order valence-electron chi connectivity index (χ4n) is 1.54. The summed E-state index contributed by atoms with van der Waals surface area (Å²) in [4.78, 5) is 21.8. The van der Waals surface area contributed by atoms with Crippen LogP contribution in [0.3, 0.4) is 0 Å². The minimum Gasteiger partial charge on any atom is -0.464 e. The Kier molecular flexibility index (Phi) is 10.0. The van der Waals surface area contributed by atoms with Crippen LogP contribution in [0.4, 0.5) is 0 Å². The van der Waals surface area contributed by atoms with Crippen molar-refractivity contribution < 1.29 is 14.3 Å². The summed E-state index contributed by atoms with van der Waals surface area (Å²) >= 11 is 0. The van der Waals surface area contributed by atoms with Gasteiger partial charge in [-0.05, 0) is 32.2 Å². The Balaban J connectivity index is 3.81. The maximum absolute atomic E-state index is 11.5. The minimum absolute atomic E-state index is 0.182. The molecule has 0 spiro atoms. The Morgan fingerprint density at radius 3 is 2.69 bits per heavy atom. The monoisotopic (exact) mass is 229 g/mol. The lowest BCUT2D eigenvalue weighted by molar-refractivity contribution is -0.136. The highest BCUT2D eigenvalue weighted by atomic mass is 16.5. The van der Waals surface area contributed by atoms with Crippen LogP contribution in [0.15, 0.2) is 0 Å². The fourth-order valence-corrected chi connectivity index (χ4v) is 1.54. The Morgan fingerprint density at radius 2 is 2.12 bits per heavy atom. The van der Waals surface area contributed by atoms with Crippen molar-refractivity contribution >= 4 is 12.3 Å². The van der Waals surface area contributed by atoms with Crippen LogP contribution in [0.5, 0.6) is 0 Å². The van der Waals surface area contributed by atoms with Gasteiger partial charge in [0.1, 0.15) is 11.9 Å². The van der Waals surface area contributed by atoms with Gasteiger partial charge in [0, 0.05) is 12.8 Å². The second-order valence-electron chi connectivity index (χ2n) is 3.99. The topological polar surface area (TPSA) is 69.4 Å². The van der Waals surface area contributed by atoms with Gasteiger partial charge in [-0.3, -0.25) is 9.59 Å². The molecule has 0 aromatic heterocycles. The first-order valence-electron chi connectivity index (χ1n) is 6.05. The van der Waals surface area contributed by atoms with Crippen molar-refractivity contribution in [2.45, 2.75) is 58.0 Å². The van der Waals surface area contributed by atoms with Gasteiger partial charge in [-0.2, -0.15) is 0 Å². The van der Waals surface area contributed by atoms with E-state index in [1.165, 1.54) is 0 Å². The number of hydrogen-bond donors (Lipinski definition) is 1. The van der Waals surface area contributed by atoms with Crippen LogP contribution in [-0.4, -0.2) is 24.9 Å². The van der Waals surface area contributed by atoms with E-state index >= 15 is 0 Å². The number of nitrogens with two attached hydrogens (primary N) is 1. The summed E-state index contributed by atoms with van der Waals surface area (Å²) in [6.45, 7) is 3.12. The molecule has 94 valence electrons. The third-order valence-electron chi connectivity index (χ3n) is 2.49. The average molecular weight is 229 g/mol. The molecule has 16 heavy (non-hydrogen) atoms. The van der Waals surface area contributed by atoms with Crippen molar-refractivity contribution in [1.29, 1.82) is 0 Å². The molecule has 1 unspecified atom stereocenters. The normalized spacial score (nSPS) is 12.1. The van der Waals surface area contributed by atoms with Crippen LogP contribution in [0, 0.1) is 0 Å². The van der Waals surface area contributed by atoms with Crippen LogP contribution >= 0.6 is 0 Å². The Labute approximate surface area is 97.5 Å². The van der Waals surface area contributed by atoms with Crippen LogP contribution in [0.2, 0.25) is 0 Å². The summed E-state index contributed by atoms with van der Waals surface area (Å²) in [5.41, 5.74) is 5.38. The smallest absolute Gasteiger partial charge is 0.293 e. The highest BCUT2D eigenvalue weighted by molar-refractivity contribution is 5.78. The van der Waals surface area contributed by atoms with Crippen LogP contribution < -0.4 is 5.73 Å². The molecule has 0 bridgehead atoms. The standard InChI is InChI=1S/C12H23NO3/c1-2-3-6-11(15)9-12(16-10-14)7-4-5-8-13/h10,12H,2-9,13H2,1H3. The molecule has 0 aliphatic rings. The summed E-state index contributed by atoms with van der Waals surface area (Å²) in [5.74, 6) is 0.182. The zero-order valence-electron chi connectivity index (χ0n) is 10.1. The van der Waals surface area contributed by atoms with Gasteiger partial charge in [0.15, 0.2) is 0 Å². The number of hydrogen-bond acceptors (Lipinski definition) is 4. The van der Waals surface area contributed by atoms with E-state index in [0.29, 0.717) is 25.9 Å². The van der Waals surface area contributed by atoms with E-state index in [-0.39, 0.29) is 11.9 Å². The zero-order valence-corrected chi connectivity index (χ0v) is 10.1. The molecule has 0 fully saturated rings. The van der Waals surface area contributed by atoms with E-state index in [4.69, 9.17) is 10.5 Å². The van der Waals surface area contributed by atoms with Gasteiger partial charge in [-0.25, -0.2) is 0 Å². The fraction of sp³-hybridized carbons (Fsp3) is 0.833. The van der Waals surface area contributed by atoms with Crippen molar-refractivity contribution in [2.75, 3.05) is 6.54 Å². The average Bonchev–Trinajstić information content (AvgIpc) is 2.27. The molecule has 0 saturated carbocycles. The lowest BCUT2D eigenvalue weighted by atomic mass is 10.0. The molecule has 4 nitrogen and oxygen atoms in total. The molecule has 0 rings (SSSR count). The third kappa shape index (κ3) is 8.41. The molecule has 0 saturated heterocycles. The highest BCUT2D eigenvalue weighted by Crippen LogP contribution is 2.10. The molecule has 0 aliphatic carbocycles. The lowest BCUT2D eigenvalue weighted by Crippen LogP contribution is -2.17. The SMILES string of the molecule is CCCCC(=O)CC(CCCCN)OC=O. The maximum atomic E-state index is 11.5. The zero-order chi connectivity index (χ0) is 12.2. The van der Waals surface area contributed by atoms with Crippen molar-refractivity contribution in [3.63, 3.8) is 0 Å². The molecule has 0 radical (unpaired) electrons. The molecule has 1 atom stereocenters. The molecule has 0 aromatic carbocycles. The minimum atomic E-state index is -0.256. The summed E-state index contributed by atoms with van der Waals surface area (Å²) in [7, 11) is 0. The molecule has 0 aliphatic heterocycles. The number of carbonyl (C=O) groups excluding carboxylic acids is 2. The van der Waals surface area contributed by atoms with Gasteiger partial charge in [0.05, 0.1) is 0 Å². The predicted molar refractivity (Wildman–Crippen MR) is 63.0 cm³/mol. The van der Waals surface area contributed by atoms with Crippen molar-refractivity contribution in [2.24, 2.45) is 5.73 Å². The number of ketones is 1. The molecule has 2 N–H and O–H groups in total. The second-order valence-corrected chi connectivity index (χ2v) is 3.99. The van der Waals surface area contributed by atoms with Gasteiger partial charge in [-0.15, -0.1) is 0 Å². The Bertz CT molecular complexity index is 195. The van der Waals surface area contributed by atoms with Gasteiger partial charge < -0.3 is 10.5 Å². The van der Waals surface area contributed by atoms with E-state index in [0.717, 1.165) is 32.1 Å². The first kappa shape index (κ1) is 15.1. The number of Topliss-reactive ketones (excluding diaryl/α,β-unsaturated/α-hetero) is 1. The molecule has 0 heterocycles. The van der Waals surface area contributed by atoms with Crippen molar-refractivity contribution in [3.8, 4) is 0 Å². The van der Waals surface area contributed by atoms with E-state index in [1.54, 1.807) is 0 Å². The van der Waals surface area contributed by atoms with Crippen LogP contribution in [0.25, 0.3) is 0 Å². The first-order chi connectivity index (χ1) is 7.74. The summed E-state index contributed by atoms with van der Waals surface area (Å²) in [6.07, 6.45) is 5.14. The van der Waals surface area contributed by atoms with E-state index in [9.17, 15) is 9.59 Å². The summed E-state index contributed by atoms with van der Waals surface area (Å²) in [6, 6.07) is 0. The lowest BCUT2D eigenvalue weighted by Gasteiger charge is -2.13. The number of rotatable bonds is 11. The highest BCUT2D eigenvalue weighted by Gasteiger charge is 2.13. The van der Waals surface area contributed by atoms with Gasteiger partial charge in [0.25, 0.3) is 6.47 Å². The number of ether oxygens (including phenoxy) is 1. The quantitative estimate of drug-likeness (QED) is 0.433. The molecular formula is C12H23NO3. The summed E-state index contributed by atoms with van der Waals surface area (Å²) in [5, 5.41) is 0. The number of carbonyl (C=O) groups is 2. The molecular weight excluding hydrogens is 206 g/mol. The molecule has 0 amide bonds. The van der Waals surface area contributed by atoms with Crippen LogP contribution in [-0.2, 0) is 14.3 Å². The molecule has 0 aromatic rings. The van der Waals surface area contributed by atoms with Crippen molar-refractivity contribution in [3.05, 3.63) is 0 Å². The van der Waals surface area contributed by atoms with Crippen LogP contribution in [0.1, 0.15) is 51.9 Å². The Morgan fingerprint density at radius 1 is 1.38 bits per heavy atom. The van der Waals surface area contributed by atoms with Gasteiger partial charge >= 0.3 is 0 Å². The van der Waals surface area contributed by atoms with Crippen molar-refractivity contribution in [1.82, 2.24) is 0 Å². The predicted octanol–water partition coefficient (Wildman–Crippen LogP) is 1.81. The van der Waals surface area contributed by atoms with E-state index in [2.05, 4.69) is 0 Å². The van der Waals surface area contributed by atoms with Gasteiger partial charge in [0.2, 0.25) is 0 Å².